The number of piperazine rings is 1. The lowest BCUT2D eigenvalue weighted by Crippen LogP contribution is -2.50. The Bertz CT molecular complexity index is 749. The van der Waals surface area contributed by atoms with Gasteiger partial charge in [0.05, 0.1) is 6.54 Å². The number of carbonyl (C=O) groups is 1. The van der Waals surface area contributed by atoms with Gasteiger partial charge in [-0.15, -0.1) is 0 Å². The number of hydrogen-bond acceptors (Lipinski definition) is 5. The van der Waals surface area contributed by atoms with Crippen LogP contribution in [0.1, 0.15) is 29.3 Å². The predicted octanol–water partition coefficient (Wildman–Crippen LogP) is 1.83. The molecule has 1 fully saturated rings. The van der Waals surface area contributed by atoms with Crippen molar-refractivity contribution in [1.82, 2.24) is 19.9 Å². The van der Waals surface area contributed by atoms with Gasteiger partial charge in [0.2, 0.25) is 11.8 Å². The highest BCUT2D eigenvalue weighted by atomic mass is 16.5. The van der Waals surface area contributed by atoms with Gasteiger partial charge in [-0.25, -0.2) is 0 Å². The normalized spacial score (nSPS) is 21.2. The van der Waals surface area contributed by atoms with Gasteiger partial charge in [0.15, 0.2) is 5.82 Å². The van der Waals surface area contributed by atoms with Gasteiger partial charge in [-0.1, -0.05) is 29.4 Å². The molecule has 1 atom stereocenters. The topological polar surface area (TPSA) is 62.5 Å². The number of carbonyl (C=O) groups excluding carboxylic acids is 1. The van der Waals surface area contributed by atoms with Crippen LogP contribution in [0.3, 0.4) is 0 Å². The maximum atomic E-state index is 12.9. The molecule has 0 radical (unpaired) electrons. The van der Waals surface area contributed by atoms with Crippen molar-refractivity contribution in [3.8, 4) is 0 Å². The Balaban J connectivity index is 1.31. The summed E-state index contributed by atoms with van der Waals surface area (Å²) in [6, 6.07) is 8.52. The number of hydrogen-bond donors (Lipinski definition) is 0. The van der Waals surface area contributed by atoms with Crippen molar-refractivity contribution in [2.45, 2.75) is 32.7 Å². The Hall–Kier alpha value is -2.21. The van der Waals surface area contributed by atoms with Gasteiger partial charge in [0.25, 0.3) is 0 Å². The smallest absolute Gasteiger partial charge is 0.226 e. The molecule has 25 heavy (non-hydrogen) atoms. The van der Waals surface area contributed by atoms with Crippen LogP contribution in [-0.2, 0) is 24.2 Å². The Morgan fingerprint density at radius 1 is 1.20 bits per heavy atom. The highest BCUT2D eigenvalue weighted by molar-refractivity contribution is 5.79. The summed E-state index contributed by atoms with van der Waals surface area (Å²) in [5.74, 6) is 1.79. The molecular formula is C19H24N4O2. The lowest BCUT2D eigenvalue weighted by molar-refractivity contribution is -0.137. The van der Waals surface area contributed by atoms with Crippen molar-refractivity contribution < 1.29 is 9.32 Å². The standard InChI is InChI=1S/C19H24N4O2/c1-14-20-18(21-25-14)13-22-8-10-23(11-9-22)19(24)17-7-6-15-4-2-3-5-16(15)12-17/h2-5,17H,6-13H2,1H3/t17-/m0/s1. The molecule has 2 aliphatic rings. The summed E-state index contributed by atoms with van der Waals surface area (Å²) >= 11 is 0. The van der Waals surface area contributed by atoms with Crippen LogP contribution < -0.4 is 0 Å². The second-order valence-corrected chi connectivity index (χ2v) is 7.04. The number of benzene rings is 1. The first-order chi connectivity index (χ1) is 12.2. The van der Waals surface area contributed by atoms with Crippen molar-refractivity contribution in [2.75, 3.05) is 26.2 Å². The minimum atomic E-state index is 0.140. The molecule has 2 heterocycles. The highest BCUT2D eigenvalue weighted by Crippen LogP contribution is 2.27. The van der Waals surface area contributed by atoms with Crippen LogP contribution in [0.5, 0.6) is 0 Å². The van der Waals surface area contributed by atoms with Gasteiger partial charge in [-0.2, -0.15) is 4.98 Å². The molecule has 1 aromatic carbocycles. The quantitative estimate of drug-likeness (QED) is 0.853. The molecule has 0 saturated carbocycles. The summed E-state index contributed by atoms with van der Waals surface area (Å²) in [6.07, 6.45) is 2.87. The van der Waals surface area contributed by atoms with Crippen molar-refractivity contribution >= 4 is 5.91 Å². The first-order valence-electron chi connectivity index (χ1n) is 9.06. The summed E-state index contributed by atoms with van der Waals surface area (Å²) in [7, 11) is 0. The maximum Gasteiger partial charge on any atom is 0.226 e. The number of amides is 1. The summed E-state index contributed by atoms with van der Waals surface area (Å²) < 4.78 is 5.02. The first kappa shape index (κ1) is 16.3. The molecule has 2 aromatic rings. The molecule has 0 bridgehead atoms. The third-order valence-electron chi connectivity index (χ3n) is 5.31. The monoisotopic (exact) mass is 340 g/mol. The van der Waals surface area contributed by atoms with E-state index in [1.807, 2.05) is 4.90 Å². The Morgan fingerprint density at radius 2 is 1.96 bits per heavy atom. The lowest BCUT2D eigenvalue weighted by atomic mass is 9.83. The van der Waals surface area contributed by atoms with Gasteiger partial charge in [0, 0.05) is 39.0 Å². The predicted molar refractivity (Wildman–Crippen MR) is 92.8 cm³/mol. The Morgan fingerprint density at radius 3 is 2.68 bits per heavy atom. The molecule has 132 valence electrons. The Kier molecular flexibility index (Phi) is 4.53. The minimum Gasteiger partial charge on any atom is -0.340 e. The fourth-order valence-corrected chi connectivity index (χ4v) is 3.90. The van der Waals surface area contributed by atoms with Gasteiger partial charge >= 0.3 is 0 Å². The van der Waals surface area contributed by atoms with E-state index < -0.39 is 0 Å². The molecule has 6 nitrogen and oxygen atoms in total. The van der Waals surface area contributed by atoms with Crippen molar-refractivity contribution in [2.24, 2.45) is 5.92 Å². The van der Waals surface area contributed by atoms with Crippen LogP contribution in [0.15, 0.2) is 28.8 Å². The van der Waals surface area contributed by atoms with Crippen LogP contribution in [0.4, 0.5) is 0 Å². The molecule has 1 aliphatic heterocycles. The highest BCUT2D eigenvalue weighted by Gasteiger charge is 2.30. The number of aromatic nitrogens is 2. The number of fused-ring (bicyclic) bond motifs is 1. The lowest BCUT2D eigenvalue weighted by Gasteiger charge is -2.37. The Labute approximate surface area is 147 Å². The average Bonchev–Trinajstić information content (AvgIpc) is 3.06. The SMILES string of the molecule is Cc1nc(CN2CCN(C(=O)[C@H]3CCc4ccccc4C3)CC2)no1. The van der Waals surface area contributed by atoms with Crippen molar-refractivity contribution in [3.05, 3.63) is 47.1 Å². The maximum absolute atomic E-state index is 12.9. The largest absolute Gasteiger partial charge is 0.340 e. The first-order valence-corrected chi connectivity index (χ1v) is 9.06. The zero-order valence-electron chi connectivity index (χ0n) is 14.6. The second kappa shape index (κ2) is 6.96. The summed E-state index contributed by atoms with van der Waals surface area (Å²) in [5, 5.41) is 3.95. The van der Waals surface area contributed by atoms with E-state index in [1.165, 1.54) is 11.1 Å². The van der Waals surface area contributed by atoms with Crippen LogP contribution in [-0.4, -0.2) is 52.0 Å². The number of rotatable bonds is 3. The third-order valence-corrected chi connectivity index (χ3v) is 5.31. The van der Waals surface area contributed by atoms with Gasteiger partial charge < -0.3 is 9.42 Å². The van der Waals surface area contributed by atoms with E-state index in [-0.39, 0.29) is 5.92 Å². The van der Waals surface area contributed by atoms with E-state index in [0.29, 0.717) is 18.3 Å². The fraction of sp³-hybridized carbons (Fsp3) is 0.526. The van der Waals surface area contributed by atoms with Crippen molar-refractivity contribution in [3.63, 3.8) is 0 Å². The zero-order valence-corrected chi connectivity index (χ0v) is 14.6. The van der Waals surface area contributed by atoms with Crippen LogP contribution in [0, 0.1) is 12.8 Å². The molecule has 0 spiro atoms. The van der Waals surface area contributed by atoms with Gasteiger partial charge in [-0.05, 0) is 30.4 Å². The molecule has 1 aromatic heterocycles. The van der Waals surface area contributed by atoms with Crippen LogP contribution in [0.25, 0.3) is 0 Å². The van der Waals surface area contributed by atoms with Crippen LogP contribution in [0.2, 0.25) is 0 Å². The summed E-state index contributed by atoms with van der Waals surface area (Å²) in [5.41, 5.74) is 2.75. The van der Waals surface area contributed by atoms with Crippen molar-refractivity contribution in [1.29, 1.82) is 0 Å². The summed E-state index contributed by atoms with van der Waals surface area (Å²) in [6.45, 7) is 5.79. The molecule has 1 amide bonds. The van der Waals surface area contributed by atoms with E-state index in [0.717, 1.165) is 51.3 Å². The van der Waals surface area contributed by atoms with E-state index in [2.05, 4.69) is 39.3 Å². The second-order valence-electron chi connectivity index (χ2n) is 7.04. The summed E-state index contributed by atoms with van der Waals surface area (Å²) in [4.78, 5) is 21.5. The molecule has 0 N–H and O–H groups in total. The van der Waals surface area contributed by atoms with E-state index in [9.17, 15) is 4.79 Å². The molecular weight excluding hydrogens is 316 g/mol. The van der Waals surface area contributed by atoms with Gasteiger partial charge in [0.1, 0.15) is 0 Å². The molecule has 1 aliphatic carbocycles. The number of aryl methyl sites for hydroxylation is 2. The molecule has 6 heteroatoms. The van der Waals surface area contributed by atoms with E-state index in [1.54, 1.807) is 6.92 Å². The molecule has 1 saturated heterocycles. The molecule has 0 unspecified atom stereocenters. The minimum absolute atomic E-state index is 0.140. The zero-order chi connectivity index (χ0) is 17.2. The average molecular weight is 340 g/mol. The fourth-order valence-electron chi connectivity index (χ4n) is 3.90. The third kappa shape index (κ3) is 3.58. The van der Waals surface area contributed by atoms with E-state index >= 15 is 0 Å². The van der Waals surface area contributed by atoms with E-state index in [4.69, 9.17) is 4.52 Å². The number of nitrogens with zero attached hydrogens (tertiary/aromatic N) is 4. The van der Waals surface area contributed by atoms with Crippen LogP contribution >= 0.6 is 0 Å². The molecule has 4 rings (SSSR count). The van der Waals surface area contributed by atoms with Gasteiger partial charge in [-0.3, -0.25) is 9.69 Å².